The topological polar surface area (TPSA) is 53.6 Å². The Labute approximate surface area is 127 Å². The van der Waals surface area contributed by atoms with Crippen LogP contribution in [0.2, 0.25) is 0 Å². The molecule has 21 heavy (non-hydrogen) atoms. The van der Waals surface area contributed by atoms with Crippen LogP contribution in [-0.2, 0) is 4.79 Å². The largest absolute Gasteiger partial charge is 0.497 e. The molecule has 5 nitrogen and oxygen atoms in total. The van der Waals surface area contributed by atoms with Crippen molar-refractivity contribution >= 4 is 5.91 Å². The van der Waals surface area contributed by atoms with Gasteiger partial charge in [-0.05, 0) is 38.8 Å². The summed E-state index contributed by atoms with van der Waals surface area (Å²) in [6.07, 6.45) is 0. The van der Waals surface area contributed by atoms with E-state index < -0.39 is 0 Å². The van der Waals surface area contributed by atoms with Crippen molar-refractivity contribution in [1.29, 1.82) is 0 Å². The molecule has 1 rings (SSSR count). The maximum Gasteiger partial charge on any atom is 0.224 e. The summed E-state index contributed by atoms with van der Waals surface area (Å²) in [5, 5.41) is 6.04. The van der Waals surface area contributed by atoms with E-state index in [9.17, 15) is 4.79 Å². The van der Waals surface area contributed by atoms with E-state index in [0.29, 0.717) is 13.1 Å². The van der Waals surface area contributed by atoms with Gasteiger partial charge < -0.3 is 20.3 Å². The molecule has 0 aliphatic rings. The predicted molar refractivity (Wildman–Crippen MR) is 85.5 cm³/mol. The number of likely N-dealkylation sites (N-methyl/N-ethyl adjacent to an activating group) is 1. The van der Waals surface area contributed by atoms with Crippen molar-refractivity contribution in [2.75, 3.05) is 41.3 Å². The minimum atomic E-state index is -0.0388. The molecule has 0 saturated carbocycles. The number of carbonyl (C=O) groups is 1. The summed E-state index contributed by atoms with van der Waals surface area (Å²) in [4.78, 5) is 14.1. The van der Waals surface area contributed by atoms with E-state index >= 15 is 0 Å². The number of hydrogen-bond acceptors (Lipinski definition) is 4. The molecule has 0 aromatic heterocycles. The molecule has 1 aromatic carbocycles. The number of nitrogens with zero attached hydrogens (tertiary/aromatic N) is 1. The minimum absolute atomic E-state index is 0.0388. The van der Waals surface area contributed by atoms with Crippen molar-refractivity contribution in [3.8, 4) is 5.75 Å². The van der Waals surface area contributed by atoms with Crippen molar-refractivity contribution in [2.24, 2.45) is 5.92 Å². The lowest BCUT2D eigenvalue weighted by Crippen LogP contribution is -2.39. The molecular weight excluding hydrogens is 266 g/mol. The third-order valence-corrected chi connectivity index (χ3v) is 3.53. The van der Waals surface area contributed by atoms with E-state index in [-0.39, 0.29) is 17.9 Å². The number of hydrogen-bond donors (Lipinski definition) is 2. The Bertz CT molecular complexity index is 449. The van der Waals surface area contributed by atoms with E-state index in [0.717, 1.165) is 11.3 Å². The quantitative estimate of drug-likeness (QED) is 0.758. The molecule has 0 saturated heterocycles. The van der Waals surface area contributed by atoms with Gasteiger partial charge in [0.25, 0.3) is 0 Å². The van der Waals surface area contributed by atoms with Crippen LogP contribution in [0.25, 0.3) is 0 Å². The monoisotopic (exact) mass is 293 g/mol. The Kier molecular flexibility index (Phi) is 7.19. The van der Waals surface area contributed by atoms with E-state index in [1.807, 2.05) is 46.3 Å². The zero-order chi connectivity index (χ0) is 15.8. The Morgan fingerprint density at radius 1 is 1.33 bits per heavy atom. The second-order valence-corrected chi connectivity index (χ2v) is 5.46. The highest BCUT2D eigenvalue weighted by Crippen LogP contribution is 2.22. The first-order chi connectivity index (χ1) is 9.99. The van der Waals surface area contributed by atoms with Gasteiger partial charge in [0.15, 0.2) is 0 Å². The Morgan fingerprint density at radius 3 is 2.62 bits per heavy atom. The number of carbonyl (C=O) groups excluding carboxylic acids is 1. The summed E-state index contributed by atoms with van der Waals surface area (Å²) in [5.41, 5.74) is 1.13. The minimum Gasteiger partial charge on any atom is -0.497 e. The van der Waals surface area contributed by atoms with Crippen LogP contribution >= 0.6 is 0 Å². The molecule has 2 atom stereocenters. The fraction of sp³-hybridized carbons (Fsp3) is 0.562. The molecule has 2 unspecified atom stereocenters. The van der Waals surface area contributed by atoms with Gasteiger partial charge in [-0.15, -0.1) is 0 Å². The van der Waals surface area contributed by atoms with E-state index in [2.05, 4.69) is 21.6 Å². The summed E-state index contributed by atoms with van der Waals surface area (Å²) < 4.78 is 5.27. The first-order valence-corrected chi connectivity index (χ1v) is 7.22. The van der Waals surface area contributed by atoms with Crippen LogP contribution in [0.4, 0.5) is 0 Å². The molecule has 1 aromatic rings. The number of benzene rings is 1. The lowest BCUT2D eigenvalue weighted by atomic mass is 10.0. The van der Waals surface area contributed by atoms with Crippen LogP contribution in [0.5, 0.6) is 5.75 Å². The second-order valence-electron chi connectivity index (χ2n) is 5.46. The third-order valence-electron chi connectivity index (χ3n) is 3.53. The molecule has 0 aliphatic carbocycles. The maximum atomic E-state index is 12.0. The fourth-order valence-electron chi connectivity index (χ4n) is 2.22. The lowest BCUT2D eigenvalue weighted by Gasteiger charge is -2.26. The Balaban J connectivity index is 2.72. The highest BCUT2D eigenvalue weighted by Gasteiger charge is 2.18. The van der Waals surface area contributed by atoms with Gasteiger partial charge in [0.05, 0.1) is 13.2 Å². The molecule has 0 bridgehead atoms. The molecule has 5 heteroatoms. The lowest BCUT2D eigenvalue weighted by molar-refractivity contribution is -0.124. The molecule has 0 spiro atoms. The zero-order valence-corrected chi connectivity index (χ0v) is 13.6. The number of ether oxygens (including phenoxy) is 1. The van der Waals surface area contributed by atoms with E-state index in [1.165, 1.54) is 0 Å². The van der Waals surface area contributed by atoms with Crippen molar-refractivity contribution in [2.45, 2.75) is 13.0 Å². The van der Waals surface area contributed by atoms with Crippen LogP contribution in [0.3, 0.4) is 0 Å². The molecule has 0 aliphatic heterocycles. The van der Waals surface area contributed by atoms with Crippen LogP contribution < -0.4 is 15.4 Å². The van der Waals surface area contributed by atoms with E-state index in [1.54, 1.807) is 7.11 Å². The third kappa shape index (κ3) is 5.36. The molecule has 0 heterocycles. The summed E-state index contributed by atoms with van der Waals surface area (Å²) >= 11 is 0. The fourth-order valence-corrected chi connectivity index (χ4v) is 2.22. The Hall–Kier alpha value is -1.59. The SMILES string of the molecule is CNCC(C)C(=O)NCC(c1cccc(OC)c1)N(C)C. The molecule has 0 radical (unpaired) electrons. The highest BCUT2D eigenvalue weighted by molar-refractivity contribution is 5.78. The predicted octanol–water partition coefficient (Wildman–Crippen LogP) is 1.27. The highest BCUT2D eigenvalue weighted by atomic mass is 16.5. The van der Waals surface area contributed by atoms with Gasteiger partial charge in [-0.25, -0.2) is 0 Å². The summed E-state index contributed by atoms with van der Waals surface area (Å²) in [7, 11) is 7.52. The molecule has 1 amide bonds. The average Bonchev–Trinajstić information content (AvgIpc) is 2.47. The number of methoxy groups -OCH3 is 1. The van der Waals surface area contributed by atoms with Crippen LogP contribution in [0, 0.1) is 5.92 Å². The molecule has 0 fully saturated rings. The first kappa shape index (κ1) is 17.5. The summed E-state index contributed by atoms with van der Waals surface area (Å²) in [6, 6.07) is 8.07. The van der Waals surface area contributed by atoms with Gasteiger partial charge >= 0.3 is 0 Å². The van der Waals surface area contributed by atoms with Crippen LogP contribution in [0.1, 0.15) is 18.5 Å². The number of amides is 1. The standard InChI is InChI=1S/C16H27N3O2/c1-12(10-17-2)16(20)18-11-15(19(3)4)13-7-6-8-14(9-13)21-5/h6-9,12,15,17H,10-11H2,1-5H3,(H,18,20). The average molecular weight is 293 g/mol. The molecule has 2 N–H and O–H groups in total. The summed E-state index contributed by atoms with van der Waals surface area (Å²) in [6.45, 7) is 3.17. The Morgan fingerprint density at radius 2 is 2.05 bits per heavy atom. The zero-order valence-electron chi connectivity index (χ0n) is 13.6. The van der Waals surface area contributed by atoms with Crippen LogP contribution in [0.15, 0.2) is 24.3 Å². The van der Waals surface area contributed by atoms with Gasteiger partial charge in [-0.2, -0.15) is 0 Å². The van der Waals surface area contributed by atoms with Gasteiger partial charge in [0.1, 0.15) is 5.75 Å². The number of nitrogens with one attached hydrogen (secondary N) is 2. The van der Waals surface area contributed by atoms with Crippen molar-refractivity contribution in [1.82, 2.24) is 15.5 Å². The number of rotatable bonds is 8. The van der Waals surface area contributed by atoms with Gasteiger partial charge in [0.2, 0.25) is 5.91 Å². The van der Waals surface area contributed by atoms with Gasteiger partial charge in [0, 0.05) is 19.0 Å². The van der Waals surface area contributed by atoms with Crippen molar-refractivity contribution in [3.63, 3.8) is 0 Å². The molecule has 118 valence electrons. The van der Waals surface area contributed by atoms with Crippen LogP contribution in [-0.4, -0.2) is 52.1 Å². The van der Waals surface area contributed by atoms with E-state index in [4.69, 9.17) is 4.74 Å². The second kappa shape index (κ2) is 8.64. The maximum absolute atomic E-state index is 12.0. The summed E-state index contributed by atoms with van der Waals surface area (Å²) in [5.74, 6) is 0.858. The van der Waals surface area contributed by atoms with Gasteiger partial charge in [-0.3, -0.25) is 4.79 Å². The molecular formula is C16H27N3O2. The first-order valence-electron chi connectivity index (χ1n) is 7.22. The normalized spacial score (nSPS) is 13.8. The van der Waals surface area contributed by atoms with Crippen molar-refractivity contribution in [3.05, 3.63) is 29.8 Å². The smallest absolute Gasteiger partial charge is 0.224 e. The van der Waals surface area contributed by atoms with Crippen molar-refractivity contribution < 1.29 is 9.53 Å². The van der Waals surface area contributed by atoms with Gasteiger partial charge in [-0.1, -0.05) is 19.1 Å².